The molecule has 0 amide bonds. The lowest BCUT2D eigenvalue weighted by Gasteiger charge is -2.36. The van der Waals surface area contributed by atoms with Gasteiger partial charge < -0.3 is 10.0 Å². The van der Waals surface area contributed by atoms with Gasteiger partial charge in [-0.05, 0) is 51.0 Å². The van der Waals surface area contributed by atoms with Gasteiger partial charge in [0, 0.05) is 43.5 Å². The maximum Gasteiger partial charge on any atom is 0.141 e. The molecule has 0 unspecified atom stereocenters. The van der Waals surface area contributed by atoms with Gasteiger partial charge in [0.05, 0.1) is 11.5 Å². The van der Waals surface area contributed by atoms with Crippen molar-refractivity contribution in [2.75, 3.05) is 37.6 Å². The van der Waals surface area contributed by atoms with Crippen molar-refractivity contribution in [3.8, 4) is 0 Å². The summed E-state index contributed by atoms with van der Waals surface area (Å²) in [6.07, 6.45) is 7.27. The van der Waals surface area contributed by atoms with Gasteiger partial charge in [0.15, 0.2) is 0 Å². The molecule has 2 aromatic heterocycles. The fourth-order valence-corrected chi connectivity index (χ4v) is 5.69. The number of hydrogen-bond donors (Lipinski definition) is 1. The number of fused-ring (bicyclic) bond motifs is 3. The third kappa shape index (κ3) is 3.12. The van der Waals surface area contributed by atoms with Crippen LogP contribution in [0.5, 0.6) is 0 Å². The summed E-state index contributed by atoms with van der Waals surface area (Å²) in [6.45, 7) is 6.64. The van der Waals surface area contributed by atoms with Crippen LogP contribution in [-0.4, -0.2) is 58.8 Å². The summed E-state index contributed by atoms with van der Waals surface area (Å²) in [6, 6.07) is 0. The second-order valence-corrected chi connectivity index (χ2v) is 9.29. The normalized spacial score (nSPS) is 22.6. The van der Waals surface area contributed by atoms with Crippen LogP contribution in [0.25, 0.3) is 10.2 Å². The first-order valence-corrected chi connectivity index (χ1v) is 11.0. The summed E-state index contributed by atoms with van der Waals surface area (Å²) in [5.74, 6) is 2.87. The van der Waals surface area contributed by atoms with E-state index in [0.29, 0.717) is 5.92 Å². The van der Waals surface area contributed by atoms with E-state index in [4.69, 9.17) is 9.97 Å². The minimum absolute atomic E-state index is 0.252. The summed E-state index contributed by atoms with van der Waals surface area (Å²) in [7, 11) is 0. The molecule has 0 aromatic carbocycles. The first-order valence-electron chi connectivity index (χ1n) is 10.2. The van der Waals surface area contributed by atoms with E-state index in [1.54, 1.807) is 10.4 Å². The number of hydrogen-bond acceptors (Lipinski definition) is 6. The molecule has 1 atom stereocenters. The number of aromatic nitrogens is 2. The predicted molar refractivity (Wildman–Crippen MR) is 106 cm³/mol. The summed E-state index contributed by atoms with van der Waals surface area (Å²) in [4.78, 5) is 17.7. The Bertz CT molecular complexity index is 806. The van der Waals surface area contributed by atoms with Crippen molar-refractivity contribution >= 4 is 27.4 Å². The van der Waals surface area contributed by atoms with E-state index in [-0.39, 0.29) is 6.10 Å². The quantitative estimate of drug-likeness (QED) is 0.894. The molecule has 2 aliphatic carbocycles. The average molecular weight is 373 g/mol. The van der Waals surface area contributed by atoms with Crippen LogP contribution in [0.1, 0.15) is 54.8 Å². The minimum atomic E-state index is -0.252. The number of aliphatic hydroxyl groups excluding tert-OH is 1. The van der Waals surface area contributed by atoms with E-state index in [0.717, 1.165) is 38.5 Å². The molecule has 1 saturated heterocycles. The molecule has 1 N–H and O–H groups in total. The Balaban J connectivity index is 1.50. The number of nitrogens with zero attached hydrogens (tertiary/aromatic N) is 4. The molecule has 0 radical (unpaired) electrons. The molecular weight excluding hydrogens is 344 g/mol. The Morgan fingerprint density at radius 1 is 1.12 bits per heavy atom. The van der Waals surface area contributed by atoms with Crippen LogP contribution in [0.3, 0.4) is 0 Å². The summed E-state index contributed by atoms with van der Waals surface area (Å²) in [5.41, 5.74) is 1.54. The van der Waals surface area contributed by atoms with Gasteiger partial charge in [-0.1, -0.05) is 0 Å². The van der Waals surface area contributed by atoms with Crippen LogP contribution in [0.15, 0.2) is 0 Å². The van der Waals surface area contributed by atoms with Gasteiger partial charge in [-0.2, -0.15) is 0 Å². The molecule has 3 aliphatic rings. The highest BCUT2D eigenvalue weighted by molar-refractivity contribution is 7.19. The fourth-order valence-electron chi connectivity index (χ4n) is 4.42. The second-order valence-electron chi connectivity index (χ2n) is 8.21. The third-order valence-corrected chi connectivity index (χ3v) is 7.14. The van der Waals surface area contributed by atoms with Crippen molar-refractivity contribution < 1.29 is 5.11 Å². The van der Waals surface area contributed by atoms with Crippen molar-refractivity contribution in [2.24, 2.45) is 0 Å². The van der Waals surface area contributed by atoms with Crippen molar-refractivity contribution in [1.82, 2.24) is 14.9 Å². The number of rotatable bonds is 4. The van der Waals surface area contributed by atoms with Crippen LogP contribution in [-0.2, 0) is 12.8 Å². The maximum absolute atomic E-state index is 9.66. The molecule has 2 fully saturated rings. The second kappa shape index (κ2) is 6.73. The Hall–Kier alpha value is -1.24. The number of aliphatic hydroxyl groups is 1. The lowest BCUT2D eigenvalue weighted by molar-refractivity contribution is 0.122. The van der Waals surface area contributed by atoms with Gasteiger partial charge in [0.1, 0.15) is 16.5 Å². The number of anilines is 1. The molecule has 0 spiro atoms. The SMILES string of the molecule is C[C@@H](O)CN1CCN(c2nc(C3CC3)nc3sc4c(c23)CCCC4)CC1. The Kier molecular flexibility index (Phi) is 4.38. The molecular formula is C20H28N4OS. The molecule has 1 saturated carbocycles. The molecule has 140 valence electrons. The topological polar surface area (TPSA) is 52.5 Å². The molecule has 26 heavy (non-hydrogen) atoms. The summed E-state index contributed by atoms with van der Waals surface area (Å²) in [5, 5.41) is 11.0. The van der Waals surface area contributed by atoms with Crippen molar-refractivity contribution in [3.63, 3.8) is 0 Å². The van der Waals surface area contributed by atoms with Gasteiger partial charge in [0.2, 0.25) is 0 Å². The number of thiophene rings is 1. The molecule has 0 bridgehead atoms. The smallest absolute Gasteiger partial charge is 0.141 e. The highest BCUT2D eigenvalue weighted by Gasteiger charge is 2.31. The van der Waals surface area contributed by atoms with Crippen molar-refractivity contribution in [2.45, 2.75) is 57.5 Å². The van der Waals surface area contributed by atoms with Gasteiger partial charge in [-0.3, -0.25) is 4.90 Å². The van der Waals surface area contributed by atoms with E-state index >= 15 is 0 Å². The van der Waals surface area contributed by atoms with Gasteiger partial charge in [0.25, 0.3) is 0 Å². The standard InChI is InChI=1S/C20H28N4OS/c1-13(25)12-23-8-10-24(11-9-23)19-17-15-4-2-3-5-16(15)26-20(17)22-18(21-19)14-6-7-14/h13-14,25H,2-12H2,1H3/t13-/m1/s1. The Morgan fingerprint density at radius 2 is 1.88 bits per heavy atom. The van der Waals surface area contributed by atoms with Gasteiger partial charge >= 0.3 is 0 Å². The first-order chi connectivity index (χ1) is 12.7. The zero-order chi connectivity index (χ0) is 17.7. The Labute approximate surface area is 159 Å². The molecule has 6 heteroatoms. The van der Waals surface area contributed by atoms with Gasteiger partial charge in [-0.15, -0.1) is 11.3 Å². The van der Waals surface area contributed by atoms with Crippen molar-refractivity contribution in [3.05, 3.63) is 16.3 Å². The molecule has 2 aromatic rings. The lowest BCUT2D eigenvalue weighted by atomic mass is 9.97. The Morgan fingerprint density at radius 3 is 2.62 bits per heavy atom. The van der Waals surface area contributed by atoms with Gasteiger partial charge in [-0.25, -0.2) is 9.97 Å². The van der Waals surface area contributed by atoms with Crippen LogP contribution in [0.4, 0.5) is 5.82 Å². The molecule has 1 aliphatic heterocycles. The lowest BCUT2D eigenvalue weighted by Crippen LogP contribution is -2.48. The predicted octanol–water partition coefficient (Wildman–Crippen LogP) is 2.95. The van der Waals surface area contributed by atoms with E-state index in [9.17, 15) is 5.11 Å². The van der Waals surface area contributed by atoms with Crippen molar-refractivity contribution in [1.29, 1.82) is 0 Å². The zero-order valence-electron chi connectivity index (χ0n) is 15.6. The highest BCUT2D eigenvalue weighted by Crippen LogP contribution is 2.44. The summed E-state index contributed by atoms with van der Waals surface area (Å²) >= 11 is 1.92. The average Bonchev–Trinajstić information content (AvgIpc) is 3.42. The third-order valence-electron chi connectivity index (χ3n) is 5.95. The molecule has 5 rings (SSSR count). The monoisotopic (exact) mass is 372 g/mol. The number of β-amino-alcohol motifs (C(OH)–C–C–N with tert-alkyl or cyclic N) is 1. The fraction of sp³-hybridized carbons (Fsp3) is 0.700. The number of aryl methyl sites for hydroxylation is 2. The zero-order valence-corrected chi connectivity index (χ0v) is 16.4. The summed E-state index contributed by atoms with van der Waals surface area (Å²) < 4.78 is 0. The highest BCUT2D eigenvalue weighted by atomic mass is 32.1. The number of piperazine rings is 1. The largest absolute Gasteiger partial charge is 0.392 e. The minimum Gasteiger partial charge on any atom is -0.392 e. The van der Waals surface area contributed by atoms with Crippen LogP contribution < -0.4 is 4.90 Å². The van der Waals surface area contributed by atoms with E-state index in [1.165, 1.54) is 54.6 Å². The van der Waals surface area contributed by atoms with E-state index in [2.05, 4.69) is 9.80 Å². The molecule has 3 heterocycles. The molecule has 5 nitrogen and oxygen atoms in total. The van der Waals surface area contributed by atoms with Crippen LogP contribution in [0, 0.1) is 0 Å². The van der Waals surface area contributed by atoms with Crippen LogP contribution in [0.2, 0.25) is 0 Å². The maximum atomic E-state index is 9.66. The first kappa shape index (κ1) is 16.9. The van der Waals surface area contributed by atoms with Crippen LogP contribution >= 0.6 is 11.3 Å². The van der Waals surface area contributed by atoms with E-state index in [1.807, 2.05) is 18.3 Å². The van der Waals surface area contributed by atoms with E-state index < -0.39 is 0 Å².